The zero-order valence-corrected chi connectivity index (χ0v) is 10.8. The van der Waals surface area contributed by atoms with Crippen LogP contribution in [-0.2, 0) is 11.4 Å². The molecule has 0 aromatic carbocycles. The standard InChI is InChI=1S/2K.H2O3S/c;;1-4(2)3/h;;(H2,1,2,3). The van der Waals surface area contributed by atoms with Crippen molar-refractivity contribution in [1.82, 2.24) is 0 Å². The molecule has 0 fully saturated rings. The molecule has 0 aliphatic carbocycles. The predicted molar refractivity (Wildman–Crippen MR) is 24.9 cm³/mol. The van der Waals surface area contributed by atoms with Crippen molar-refractivity contribution in [3.63, 3.8) is 0 Å². The fraction of sp³-hybridized carbons (Fsp3) is 0. The molecule has 0 unspecified atom stereocenters. The van der Waals surface area contributed by atoms with Crippen molar-refractivity contribution < 1.29 is 13.3 Å². The van der Waals surface area contributed by atoms with Crippen LogP contribution >= 0.6 is 0 Å². The van der Waals surface area contributed by atoms with Crippen LogP contribution in [0.4, 0.5) is 0 Å². The van der Waals surface area contributed by atoms with Gasteiger partial charge in [0.25, 0.3) is 11.4 Å². The molecule has 0 bridgehead atoms. The van der Waals surface area contributed by atoms with Gasteiger partial charge >= 0.3 is 0 Å². The number of hydrogen-bond donors (Lipinski definition) is 2. The quantitative estimate of drug-likeness (QED) is 0.350. The van der Waals surface area contributed by atoms with Crippen LogP contribution in [0, 0.1) is 0 Å². The van der Waals surface area contributed by atoms with Gasteiger partial charge in [-0.05, 0) is 0 Å². The van der Waals surface area contributed by atoms with Gasteiger partial charge in [-0.25, -0.2) is 0 Å². The predicted octanol–water partition coefficient (Wildman–Crippen LogP) is -1.08. The van der Waals surface area contributed by atoms with Crippen LogP contribution in [0.5, 0.6) is 0 Å². The second kappa shape index (κ2) is 11.2. The van der Waals surface area contributed by atoms with Crippen LogP contribution in [-0.4, -0.2) is 116 Å². The molecule has 0 heterocycles. The minimum absolute atomic E-state index is 0. The van der Waals surface area contributed by atoms with E-state index in [0.717, 1.165) is 0 Å². The average molecular weight is 160 g/mol. The Morgan fingerprint density at radius 3 is 1.17 bits per heavy atom. The van der Waals surface area contributed by atoms with Crippen LogP contribution in [0.2, 0.25) is 0 Å². The molecule has 6 heteroatoms. The first-order chi connectivity index (χ1) is 1.73. The summed E-state index contributed by atoms with van der Waals surface area (Å²) >= 11 is -2.61. The van der Waals surface area contributed by atoms with Gasteiger partial charge in [-0.15, -0.1) is 0 Å². The SMILES string of the molecule is O=S(O)O.[K].[K]. The van der Waals surface area contributed by atoms with E-state index >= 15 is 0 Å². The first kappa shape index (κ1) is 16.2. The van der Waals surface area contributed by atoms with E-state index in [-0.39, 0.29) is 103 Å². The number of rotatable bonds is 0. The molecular weight excluding hydrogens is 158 g/mol. The molecule has 28 valence electrons. The van der Waals surface area contributed by atoms with Gasteiger partial charge in [0.05, 0.1) is 0 Å². The van der Waals surface area contributed by atoms with Gasteiger partial charge in [0.15, 0.2) is 0 Å². The summed E-state index contributed by atoms with van der Waals surface area (Å²) in [4.78, 5) is 0. The molecule has 6 heavy (non-hydrogen) atoms. The van der Waals surface area contributed by atoms with E-state index in [1.54, 1.807) is 0 Å². The fourth-order valence-corrected chi connectivity index (χ4v) is 0. The van der Waals surface area contributed by atoms with Gasteiger partial charge < -0.3 is 0 Å². The van der Waals surface area contributed by atoms with E-state index in [0.29, 0.717) is 0 Å². The van der Waals surface area contributed by atoms with Crippen LogP contribution in [0.25, 0.3) is 0 Å². The minimum atomic E-state index is -2.61. The third kappa shape index (κ3) is 26.4. The molecule has 0 aromatic heterocycles. The minimum Gasteiger partial charge on any atom is -0.284 e. The van der Waals surface area contributed by atoms with E-state index in [2.05, 4.69) is 0 Å². The van der Waals surface area contributed by atoms with Crippen molar-refractivity contribution in [2.45, 2.75) is 0 Å². The Balaban J connectivity index is -0.0000000450. The van der Waals surface area contributed by atoms with E-state index < -0.39 is 11.4 Å². The summed E-state index contributed by atoms with van der Waals surface area (Å²) < 4.78 is 22.8. The fourth-order valence-electron chi connectivity index (χ4n) is 0. The zero-order chi connectivity index (χ0) is 3.58. The Kier molecular flexibility index (Phi) is 30.1. The Morgan fingerprint density at radius 2 is 1.17 bits per heavy atom. The van der Waals surface area contributed by atoms with E-state index in [9.17, 15) is 0 Å². The average Bonchev–Trinajstić information content (AvgIpc) is 0.811. The Bertz CT molecular complexity index is 31.8. The second-order valence-electron chi connectivity index (χ2n) is 0.231. The molecule has 0 spiro atoms. The van der Waals surface area contributed by atoms with Gasteiger partial charge in [0, 0.05) is 103 Å². The topological polar surface area (TPSA) is 57.5 Å². The molecule has 0 aromatic rings. The second-order valence-corrected chi connectivity index (χ2v) is 0.692. The van der Waals surface area contributed by atoms with Gasteiger partial charge in [-0.2, -0.15) is 4.21 Å². The maximum absolute atomic E-state index is 8.67. The molecule has 0 aliphatic heterocycles. The van der Waals surface area contributed by atoms with Crippen molar-refractivity contribution in [3.8, 4) is 0 Å². The molecule has 0 saturated carbocycles. The van der Waals surface area contributed by atoms with Gasteiger partial charge in [0.1, 0.15) is 0 Å². The van der Waals surface area contributed by atoms with Gasteiger partial charge in [0.2, 0.25) is 0 Å². The molecule has 0 saturated heterocycles. The van der Waals surface area contributed by atoms with Crippen molar-refractivity contribution in [2.75, 3.05) is 0 Å². The summed E-state index contributed by atoms with van der Waals surface area (Å²) in [6.07, 6.45) is 0. The first-order valence-corrected chi connectivity index (χ1v) is 1.60. The summed E-state index contributed by atoms with van der Waals surface area (Å²) in [6.45, 7) is 0. The maximum atomic E-state index is 8.67. The van der Waals surface area contributed by atoms with Gasteiger partial charge in [-0.3, -0.25) is 9.11 Å². The summed E-state index contributed by atoms with van der Waals surface area (Å²) in [5, 5.41) is 0. The van der Waals surface area contributed by atoms with Gasteiger partial charge in [-0.1, -0.05) is 0 Å². The molecular formula is H2K2O3S. The molecule has 3 nitrogen and oxygen atoms in total. The normalized spacial score (nSPS) is 5.83. The summed E-state index contributed by atoms with van der Waals surface area (Å²) in [6, 6.07) is 0. The smallest absolute Gasteiger partial charge is 0.284 e. The molecule has 2 N–H and O–H groups in total. The third-order valence-corrected chi connectivity index (χ3v) is 0. The molecule has 2 radical (unpaired) electrons. The largest absolute Gasteiger partial charge is 0.299 e. The third-order valence-electron chi connectivity index (χ3n) is 0. The van der Waals surface area contributed by atoms with Crippen molar-refractivity contribution >= 4 is 114 Å². The molecule has 0 rings (SSSR count). The molecule has 0 amide bonds. The first-order valence-electron chi connectivity index (χ1n) is 0.532. The maximum Gasteiger partial charge on any atom is 0.299 e. The van der Waals surface area contributed by atoms with E-state index in [4.69, 9.17) is 13.3 Å². The van der Waals surface area contributed by atoms with Crippen LogP contribution in [0.1, 0.15) is 0 Å². The number of hydrogen-bond acceptors (Lipinski definition) is 1. The van der Waals surface area contributed by atoms with Crippen LogP contribution in [0.15, 0.2) is 0 Å². The summed E-state index contributed by atoms with van der Waals surface area (Å²) in [7, 11) is 0. The molecule has 0 atom stereocenters. The van der Waals surface area contributed by atoms with Crippen molar-refractivity contribution in [1.29, 1.82) is 0 Å². The summed E-state index contributed by atoms with van der Waals surface area (Å²) in [5.41, 5.74) is 0. The van der Waals surface area contributed by atoms with Crippen molar-refractivity contribution in [3.05, 3.63) is 0 Å². The molecule has 0 aliphatic rings. The van der Waals surface area contributed by atoms with Crippen LogP contribution < -0.4 is 0 Å². The Hall–Kier alpha value is 3.34. The Morgan fingerprint density at radius 1 is 1.17 bits per heavy atom. The van der Waals surface area contributed by atoms with Crippen molar-refractivity contribution in [2.24, 2.45) is 0 Å². The Labute approximate surface area is 124 Å². The zero-order valence-electron chi connectivity index (χ0n) is 3.71. The van der Waals surface area contributed by atoms with E-state index in [1.165, 1.54) is 0 Å². The summed E-state index contributed by atoms with van der Waals surface area (Å²) in [5.74, 6) is 0. The van der Waals surface area contributed by atoms with Crippen LogP contribution in [0.3, 0.4) is 0 Å². The monoisotopic (exact) mass is 160 g/mol. The van der Waals surface area contributed by atoms with E-state index in [1.807, 2.05) is 0 Å².